The van der Waals surface area contributed by atoms with Crippen molar-refractivity contribution in [3.05, 3.63) is 29.8 Å². The minimum atomic E-state index is -0.568. The molecular formula is C14H20N2O3. The molecule has 0 saturated heterocycles. The first-order valence-corrected chi connectivity index (χ1v) is 6.31. The molecule has 0 spiro atoms. The monoisotopic (exact) mass is 264 g/mol. The smallest absolute Gasteiger partial charge is 0.257 e. The fourth-order valence-corrected chi connectivity index (χ4v) is 1.62. The molecule has 1 aromatic carbocycles. The largest absolute Gasteiger partial charge is 0.483 e. The van der Waals surface area contributed by atoms with Crippen molar-refractivity contribution in [2.45, 2.75) is 19.8 Å². The molecule has 0 unspecified atom stereocenters. The van der Waals surface area contributed by atoms with E-state index in [1.807, 2.05) is 0 Å². The molecule has 5 heteroatoms. The molecule has 0 aliphatic rings. The van der Waals surface area contributed by atoms with Crippen molar-refractivity contribution in [1.29, 1.82) is 0 Å². The van der Waals surface area contributed by atoms with Gasteiger partial charge in [0.1, 0.15) is 5.75 Å². The zero-order valence-electron chi connectivity index (χ0n) is 11.4. The lowest BCUT2D eigenvalue weighted by Crippen LogP contribution is -2.28. The van der Waals surface area contributed by atoms with Gasteiger partial charge in [0.15, 0.2) is 6.61 Å². The summed E-state index contributed by atoms with van der Waals surface area (Å²) in [4.78, 5) is 24.6. The van der Waals surface area contributed by atoms with Crippen LogP contribution in [0.25, 0.3) is 0 Å². The van der Waals surface area contributed by atoms with Gasteiger partial charge in [0.05, 0.1) is 5.56 Å². The third-order valence-electron chi connectivity index (χ3n) is 2.68. The van der Waals surface area contributed by atoms with E-state index in [1.165, 1.54) is 0 Å². The molecule has 0 heterocycles. The Hall–Kier alpha value is -2.04. The summed E-state index contributed by atoms with van der Waals surface area (Å²) in [5, 5.41) is 0. The highest BCUT2D eigenvalue weighted by Crippen LogP contribution is 2.19. The Balaban J connectivity index is 2.80. The van der Waals surface area contributed by atoms with Gasteiger partial charge in [-0.3, -0.25) is 9.59 Å². The van der Waals surface area contributed by atoms with Crippen LogP contribution in [-0.2, 0) is 4.79 Å². The number of carbonyl (C=O) groups excluding carboxylic acids is 2. The number of rotatable bonds is 7. The van der Waals surface area contributed by atoms with Crippen LogP contribution in [0.1, 0.15) is 30.1 Å². The Bertz CT molecular complexity index is 446. The van der Waals surface area contributed by atoms with Crippen molar-refractivity contribution in [2.24, 2.45) is 5.73 Å². The Morgan fingerprint density at radius 3 is 2.63 bits per heavy atom. The Labute approximate surface area is 113 Å². The summed E-state index contributed by atoms with van der Waals surface area (Å²) >= 11 is 0. The topological polar surface area (TPSA) is 72.6 Å². The molecule has 0 aromatic heterocycles. The number of carbonyl (C=O) groups is 2. The summed E-state index contributed by atoms with van der Waals surface area (Å²) in [5.41, 5.74) is 5.48. The van der Waals surface area contributed by atoms with Crippen LogP contribution in [0.3, 0.4) is 0 Å². The van der Waals surface area contributed by atoms with Crippen LogP contribution in [0.5, 0.6) is 5.75 Å². The number of primary amides is 1. The van der Waals surface area contributed by atoms with Gasteiger partial charge in [0.25, 0.3) is 11.8 Å². The number of hydrogen-bond donors (Lipinski definition) is 1. The Morgan fingerprint density at radius 2 is 2.00 bits per heavy atom. The van der Waals surface area contributed by atoms with E-state index in [9.17, 15) is 9.59 Å². The van der Waals surface area contributed by atoms with Crippen molar-refractivity contribution >= 4 is 11.8 Å². The SMILES string of the molecule is CCCCN(C)C(=O)c1ccccc1OCC(N)=O. The van der Waals surface area contributed by atoms with Gasteiger partial charge in [-0.2, -0.15) is 0 Å². The van der Waals surface area contributed by atoms with Crippen LogP contribution in [0.2, 0.25) is 0 Å². The Kier molecular flexibility index (Phi) is 5.85. The van der Waals surface area contributed by atoms with Crippen LogP contribution >= 0.6 is 0 Å². The van der Waals surface area contributed by atoms with E-state index in [4.69, 9.17) is 10.5 Å². The van der Waals surface area contributed by atoms with E-state index in [0.29, 0.717) is 17.9 Å². The second-order valence-corrected chi connectivity index (χ2v) is 4.33. The van der Waals surface area contributed by atoms with Crippen molar-refractivity contribution in [1.82, 2.24) is 4.90 Å². The molecule has 0 fully saturated rings. The van der Waals surface area contributed by atoms with Crippen LogP contribution in [0.4, 0.5) is 0 Å². The van der Waals surface area contributed by atoms with Crippen molar-refractivity contribution in [2.75, 3.05) is 20.2 Å². The number of para-hydroxylation sites is 1. The third kappa shape index (κ3) is 4.62. The van der Waals surface area contributed by atoms with Gasteiger partial charge in [-0.25, -0.2) is 0 Å². The molecule has 0 radical (unpaired) electrons. The van der Waals surface area contributed by atoms with Gasteiger partial charge in [0, 0.05) is 13.6 Å². The summed E-state index contributed by atoms with van der Waals surface area (Å²) in [7, 11) is 1.75. The first kappa shape index (κ1) is 15.0. The standard InChI is InChI=1S/C14H20N2O3/c1-3-4-9-16(2)14(18)11-7-5-6-8-12(11)19-10-13(15)17/h5-8H,3-4,9-10H2,1-2H3,(H2,15,17). The number of unbranched alkanes of at least 4 members (excludes halogenated alkanes) is 1. The minimum Gasteiger partial charge on any atom is -0.483 e. The molecule has 0 aliphatic heterocycles. The highest BCUT2D eigenvalue weighted by atomic mass is 16.5. The second kappa shape index (κ2) is 7.41. The van der Waals surface area contributed by atoms with E-state index in [0.717, 1.165) is 12.8 Å². The predicted octanol–water partition coefficient (Wildman–Crippen LogP) is 1.42. The molecule has 2 N–H and O–H groups in total. The Morgan fingerprint density at radius 1 is 1.32 bits per heavy atom. The van der Waals surface area contributed by atoms with Crippen LogP contribution in [-0.4, -0.2) is 36.9 Å². The first-order valence-electron chi connectivity index (χ1n) is 6.31. The first-order chi connectivity index (χ1) is 9.06. The molecule has 19 heavy (non-hydrogen) atoms. The predicted molar refractivity (Wildman–Crippen MR) is 73.0 cm³/mol. The summed E-state index contributed by atoms with van der Waals surface area (Å²) in [6.45, 7) is 2.53. The molecule has 0 bridgehead atoms. The van der Waals surface area contributed by atoms with Crippen LogP contribution < -0.4 is 10.5 Å². The van der Waals surface area contributed by atoms with E-state index in [-0.39, 0.29) is 12.5 Å². The van der Waals surface area contributed by atoms with E-state index in [1.54, 1.807) is 36.2 Å². The summed E-state index contributed by atoms with van der Waals surface area (Å²) in [5.74, 6) is -0.301. The lowest BCUT2D eigenvalue weighted by molar-refractivity contribution is -0.119. The molecule has 1 rings (SSSR count). The van der Waals surface area contributed by atoms with Crippen molar-refractivity contribution < 1.29 is 14.3 Å². The van der Waals surface area contributed by atoms with Gasteiger partial charge >= 0.3 is 0 Å². The summed E-state index contributed by atoms with van der Waals surface area (Å²) in [6, 6.07) is 6.85. The minimum absolute atomic E-state index is 0.117. The van der Waals surface area contributed by atoms with Crippen LogP contribution in [0, 0.1) is 0 Å². The number of benzene rings is 1. The molecular weight excluding hydrogens is 244 g/mol. The average molecular weight is 264 g/mol. The second-order valence-electron chi connectivity index (χ2n) is 4.33. The maximum Gasteiger partial charge on any atom is 0.257 e. The number of nitrogens with two attached hydrogens (primary N) is 1. The third-order valence-corrected chi connectivity index (χ3v) is 2.68. The van der Waals surface area contributed by atoms with Crippen LogP contribution in [0.15, 0.2) is 24.3 Å². The average Bonchev–Trinajstić information content (AvgIpc) is 2.42. The fraction of sp³-hybridized carbons (Fsp3) is 0.429. The van der Waals surface area contributed by atoms with Gasteiger partial charge in [0.2, 0.25) is 0 Å². The van der Waals surface area contributed by atoms with E-state index in [2.05, 4.69) is 6.92 Å². The number of amides is 2. The maximum absolute atomic E-state index is 12.2. The molecule has 104 valence electrons. The number of ether oxygens (including phenoxy) is 1. The molecule has 1 aromatic rings. The molecule has 5 nitrogen and oxygen atoms in total. The van der Waals surface area contributed by atoms with E-state index < -0.39 is 5.91 Å². The number of hydrogen-bond acceptors (Lipinski definition) is 3. The van der Waals surface area contributed by atoms with Gasteiger partial charge in [-0.1, -0.05) is 25.5 Å². The summed E-state index contributed by atoms with van der Waals surface area (Å²) in [6.07, 6.45) is 1.98. The molecule has 0 atom stereocenters. The number of nitrogens with zero attached hydrogens (tertiary/aromatic N) is 1. The zero-order chi connectivity index (χ0) is 14.3. The molecule has 2 amide bonds. The highest BCUT2D eigenvalue weighted by Gasteiger charge is 2.16. The van der Waals surface area contributed by atoms with Gasteiger partial charge < -0.3 is 15.4 Å². The summed E-state index contributed by atoms with van der Waals surface area (Å²) < 4.78 is 5.25. The normalized spacial score (nSPS) is 10.0. The molecule has 0 saturated carbocycles. The lowest BCUT2D eigenvalue weighted by Gasteiger charge is -2.18. The quantitative estimate of drug-likeness (QED) is 0.809. The van der Waals surface area contributed by atoms with Gasteiger partial charge in [-0.15, -0.1) is 0 Å². The molecule has 0 aliphatic carbocycles. The fourth-order valence-electron chi connectivity index (χ4n) is 1.62. The maximum atomic E-state index is 12.2. The van der Waals surface area contributed by atoms with Crippen molar-refractivity contribution in [3.8, 4) is 5.75 Å². The van der Waals surface area contributed by atoms with E-state index >= 15 is 0 Å². The van der Waals surface area contributed by atoms with Crippen molar-refractivity contribution in [3.63, 3.8) is 0 Å². The van der Waals surface area contributed by atoms with Gasteiger partial charge in [-0.05, 0) is 18.6 Å². The zero-order valence-corrected chi connectivity index (χ0v) is 11.4. The highest BCUT2D eigenvalue weighted by molar-refractivity contribution is 5.96. The lowest BCUT2D eigenvalue weighted by atomic mass is 10.1.